The van der Waals surface area contributed by atoms with Crippen molar-refractivity contribution in [3.8, 4) is 5.75 Å². The molecule has 1 amide bonds. The van der Waals surface area contributed by atoms with E-state index in [0.717, 1.165) is 11.5 Å². The number of pyridine rings is 1. The number of nitrogens with one attached hydrogen (secondary N) is 1. The second kappa shape index (κ2) is 7.77. The van der Waals surface area contributed by atoms with Gasteiger partial charge in [0.2, 0.25) is 5.91 Å². The molecule has 3 rings (SSSR count). The molecule has 0 saturated carbocycles. The normalized spacial score (nSPS) is 10.7. The summed E-state index contributed by atoms with van der Waals surface area (Å²) >= 11 is 0. The van der Waals surface area contributed by atoms with Gasteiger partial charge in [-0.15, -0.1) is 10.2 Å². The zero-order valence-corrected chi connectivity index (χ0v) is 14.7. The van der Waals surface area contributed by atoms with Crippen LogP contribution in [-0.4, -0.2) is 39.9 Å². The molecule has 0 radical (unpaired) electrons. The minimum Gasteiger partial charge on any atom is -0.496 e. The van der Waals surface area contributed by atoms with Crippen molar-refractivity contribution in [1.29, 1.82) is 0 Å². The highest BCUT2D eigenvalue weighted by atomic mass is 16.5. The Morgan fingerprint density at radius 3 is 2.81 bits per heavy atom. The molecule has 0 bridgehead atoms. The molecule has 0 aliphatic carbocycles. The van der Waals surface area contributed by atoms with Gasteiger partial charge in [-0.1, -0.05) is 6.07 Å². The van der Waals surface area contributed by atoms with Gasteiger partial charge in [0.15, 0.2) is 11.4 Å². The number of fused-ring (bicyclic) bond motifs is 1. The summed E-state index contributed by atoms with van der Waals surface area (Å²) in [7, 11) is 1.54. The molecule has 3 aromatic rings. The van der Waals surface area contributed by atoms with Gasteiger partial charge in [-0.2, -0.15) is 0 Å². The Kier molecular flexibility index (Phi) is 5.26. The average molecular weight is 352 g/mol. The van der Waals surface area contributed by atoms with Crippen LogP contribution in [0.25, 0.3) is 5.65 Å². The van der Waals surface area contributed by atoms with E-state index in [0.29, 0.717) is 29.8 Å². The van der Waals surface area contributed by atoms with Crippen molar-refractivity contribution >= 4 is 17.3 Å². The number of nitrogens with zero attached hydrogens (tertiary/aromatic N) is 3. The maximum Gasteiger partial charge on any atom is 0.224 e. The van der Waals surface area contributed by atoms with E-state index in [9.17, 15) is 9.59 Å². The van der Waals surface area contributed by atoms with E-state index in [-0.39, 0.29) is 18.1 Å². The third-order valence-corrected chi connectivity index (χ3v) is 4.09. The fourth-order valence-corrected chi connectivity index (χ4v) is 2.75. The SMILES string of the molecule is COc1ccc(C(C)=O)cc1CC(=O)NCCc1nnc2ccccn12. The highest BCUT2D eigenvalue weighted by molar-refractivity contribution is 5.94. The Morgan fingerprint density at radius 1 is 1.19 bits per heavy atom. The Hall–Kier alpha value is -3.22. The molecule has 7 heteroatoms. The molecular weight excluding hydrogens is 332 g/mol. The van der Waals surface area contributed by atoms with Crippen LogP contribution in [0, 0.1) is 0 Å². The molecular formula is C19H20N4O3. The molecule has 26 heavy (non-hydrogen) atoms. The van der Waals surface area contributed by atoms with Crippen LogP contribution >= 0.6 is 0 Å². The van der Waals surface area contributed by atoms with Gasteiger partial charge >= 0.3 is 0 Å². The Labute approximate surface area is 151 Å². The monoisotopic (exact) mass is 352 g/mol. The molecule has 2 heterocycles. The van der Waals surface area contributed by atoms with Gasteiger partial charge in [-0.3, -0.25) is 14.0 Å². The van der Waals surface area contributed by atoms with Crippen LogP contribution in [0.2, 0.25) is 0 Å². The molecule has 0 saturated heterocycles. The van der Waals surface area contributed by atoms with Crippen LogP contribution in [0.3, 0.4) is 0 Å². The molecule has 134 valence electrons. The van der Waals surface area contributed by atoms with E-state index in [1.807, 2.05) is 28.8 Å². The number of hydrogen-bond acceptors (Lipinski definition) is 5. The first-order valence-corrected chi connectivity index (χ1v) is 8.31. The smallest absolute Gasteiger partial charge is 0.224 e. The summed E-state index contributed by atoms with van der Waals surface area (Å²) < 4.78 is 7.17. The predicted octanol–water partition coefficient (Wildman–Crippen LogP) is 1.84. The minimum absolute atomic E-state index is 0.0482. The Bertz CT molecular complexity index is 949. The number of aromatic nitrogens is 3. The highest BCUT2D eigenvalue weighted by Crippen LogP contribution is 2.20. The summed E-state index contributed by atoms with van der Waals surface area (Å²) in [6.45, 7) is 1.94. The van der Waals surface area contributed by atoms with Crippen molar-refractivity contribution in [2.75, 3.05) is 13.7 Å². The van der Waals surface area contributed by atoms with Crippen molar-refractivity contribution < 1.29 is 14.3 Å². The number of benzene rings is 1. The van der Waals surface area contributed by atoms with Crippen molar-refractivity contribution in [1.82, 2.24) is 19.9 Å². The molecule has 0 aliphatic heterocycles. The number of methoxy groups -OCH3 is 1. The first-order valence-electron chi connectivity index (χ1n) is 8.31. The molecule has 0 atom stereocenters. The van der Waals surface area contributed by atoms with Crippen LogP contribution in [-0.2, 0) is 17.6 Å². The van der Waals surface area contributed by atoms with E-state index in [2.05, 4.69) is 15.5 Å². The van der Waals surface area contributed by atoms with Crippen LogP contribution in [0.1, 0.15) is 28.7 Å². The van der Waals surface area contributed by atoms with E-state index in [4.69, 9.17) is 4.74 Å². The summed E-state index contributed by atoms with van der Waals surface area (Å²) in [6.07, 6.45) is 2.61. The minimum atomic E-state index is -0.141. The lowest BCUT2D eigenvalue weighted by molar-refractivity contribution is -0.120. The number of rotatable bonds is 7. The van der Waals surface area contributed by atoms with Gasteiger partial charge in [0, 0.05) is 30.3 Å². The van der Waals surface area contributed by atoms with Crippen molar-refractivity contribution in [3.63, 3.8) is 0 Å². The molecule has 2 aromatic heterocycles. The summed E-state index contributed by atoms with van der Waals surface area (Å²) in [6, 6.07) is 10.8. The predicted molar refractivity (Wildman–Crippen MR) is 96.4 cm³/mol. The molecule has 1 aromatic carbocycles. The molecule has 0 spiro atoms. The fourth-order valence-electron chi connectivity index (χ4n) is 2.75. The summed E-state index contributed by atoms with van der Waals surface area (Å²) in [5, 5.41) is 11.1. The highest BCUT2D eigenvalue weighted by Gasteiger charge is 2.12. The number of Topliss-reactive ketones (excluding diaryl/α,β-unsaturated/α-hetero) is 1. The lowest BCUT2D eigenvalue weighted by atomic mass is 10.0. The topological polar surface area (TPSA) is 85.6 Å². The van der Waals surface area contributed by atoms with E-state index < -0.39 is 0 Å². The number of ether oxygens (including phenoxy) is 1. The molecule has 7 nitrogen and oxygen atoms in total. The largest absolute Gasteiger partial charge is 0.496 e. The second-order valence-electron chi connectivity index (χ2n) is 5.90. The third kappa shape index (κ3) is 3.88. The maximum atomic E-state index is 12.3. The molecule has 0 fully saturated rings. The van der Waals surface area contributed by atoms with Crippen molar-refractivity contribution in [2.24, 2.45) is 0 Å². The lowest BCUT2D eigenvalue weighted by Crippen LogP contribution is -2.27. The van der Waals surface area contributed by atoms with E-state index in [1.54, 1.807) is 25.3 Å². The molecule has 0 aliphatic rings. The van der Waals surface area contributed by atoms with E-state index in [1.165, 1.54) is 6.92 Å². The number of carbonyl (C=O) groups is 2. The summed E-state index contributed by atoms with van der Waals surface area (Å²) in [5.74, 6) is 1.19. The summed E-state index contributed by atoms with van der Waals surface area (Å²) in [4.78, 5) is 23.8. The number of hydrogen-bond donors (Lipinski definition) is 1. The quantitative estimate of drug-likeness (QED) is 0.656. The molecule has 1 N–H and O–H groups in total. The van der Waals surface area contributed by atoms with E-state index >= 15 is 0 Å². The van der Waals surface area contributed by atoms with Crippen LogP contribution in [0.5, 0.6) is 5.75 Å². The lowest BCUT2D eigenvalue weighted by Gasteiger charge is -2.10. The van der Waals surface area contributed by atoms with Crippen LogP contribution in [0.15, 0.2) is 42.6 Å². The van der Waals surface area contributed by atoms with Crippen molar-refractivity contribution in [3.05, 3.63) is 59.5 Å². The van der Waals surface area contributed by atoms with Crippen LogP contribution < -0.4 is 10.1 Å². The average Bonchev–Trinajstić information content (AvgIpc) is 3.05. The first kappa shape index (κ1) is 17.6. The summed E-state index contributed by atoms with van der Waals surface area (Å²) in [5.41, 5.74) is 2.02. The second-order valence-corrected chi connectivity index (χ2v) is 5.90. The first-order chi connectivity index (χ1) is 12.6. The zero-order valence-electron chi connectivity index (χ0n) is 14.7. The Morgan fingerprint density at radius 2 is 2.04 bits per heavy atom. The number of amides is 1. The van der Waals surface area contributed by atoms with Crippen molar-refractivity contribution in [2.45, 2.75) is 19.8 Å². The maximum absolute atomic E-state index is 12.3. The van der Waals surface area contributed by atoms with Gasteiger partial charge < -0.3 is 10.1 Å². The van der Waals surface area contributed by atoms with Crippen LogP contribution in [0.4, 0.5) is 0 Å². The zero-order chi connectivity index (χ0) is 18.5. The fraction of sp³-hybridized carbons (Fsp3) is 0.263. The standard InChI is InChI=1S/C19H20N4O3/c1-13(24)14-6-7-16(26-2)15(11-14)12-19(25)20-9-8-18-22-21-17-5-3-4-10-23(17)18/h3-7,10-11H,8-9,12H2,1-2H3,(H,20,25). The van der Waals surface area contributed by atoms with Gasteiger partial charge in [-0.25, -0.2) is 0 Å². The van der Waals surface area contributed by atoms with Gasteiger partial charge in [0.1, 0.15) is 11.6 Å². The third-order valence-electron chi connectivity index (χ3n) is 4.09. The number of ketones is 1. The molecule has 0 unspecified atom stereocenters. The van der Waals surface area contributed by atoms with Gasteiger partial charge in [0.05, 0.1) is 13.5 Å². The van der Waals surface area contributed by atoms with Gasteiger partial charge in [-0.05, 0) is 37.3 Å². The number of carbonyl (C=O) groups excluding carboxylic acids is 2. The van der Waals surface area contributed by atoms with Gasteiger partial charge in [0.25, 0.3) is 0 Å². The Balaban J connectivity index is 1.61.